The molecule has 1 aromatic heterocycles. The van der Waals surface area contributed by atoms with Crippen molar-refractivity contribution in [1.29, 1.82) is 0 Å². The highest BCUT2D eigenvalue weighted by molar-refractivity contribution is 7.90. The maximum Gasteiger partial charge on any atom is 0.283 e. The van der Waals surface area contributed by atoms with E-state index >= 15 is 0 Å². The lowest BCUT2D eigenvalue weighted by atomic mass is 9.55. The fourth-order valence-corrected chi connectivity index (χ4v) is 10.8. The van der Waals surface area contributed by atoms with Crippen LogP contribution in [-0.2, 0) is 31.3 Å². The summed E-state index contributed by atoms with van der Waals surface area (Å²) in [4.78, 5) is 22.9. The molecule has 1 spiro atoms. The van der Waals surface area contributed by atoms with Gasteiger partial charge in [-0.05, 0) is 119 Å². The van der Waals surface area contributed by atoms with Crippen LogP contribution in [-0.4, -0.2) is 88.8 Å². The van der Waals surface area contributed by atoms with E-state index in [0.717, 1.165) is 56.4 Å². The van der Waals surface area contributed by atoms with E-state index in [1.165, 1.54) is 11.1 Å². The molecule has 12 heteroatoms. The number of likely N-dealkylation sites (N-methyl/N-ethyl adjacent to an activating group) is 1. The van der Waals surface area contributed by atoms with Gasteiger partial charge in [0.15, 0.2) is 17.9 Å². The van der Waals surface area contributed by atoms with Gasteiger partial charge in [0.05, 0.1) is 31.1 Å². The van der Waals surface area contributed by atoms with Gasteiger partial charge in [0.1, 0.15) is 5.69 Å². The van der Waals surface area contributed by atoms with Crippen LogP contribution in [0.4, 0.5) is 5.82 Å². The molecule has 2 fully saturated rings. The van der Waals surface area contributed by atoms with Crippen molar-refractivity contribution in [3.05, 3.63) is 52.2 Å². The van der Waals surface area contributed by atoms with E-state index in [0.29, 0.717) is 50.4 Å². The third-order valence-corrected chi connectivity index (χ3v) is 15.0. The van der Waals surface area contributed by atoms with Gasteiger partial charge in [-0.3, -0.25) is 4.79 Å². The first-order valence-corrected chi connectivity index (χ1v) is 20.3. The number of amides is 1. The van der Waals surface area contributed by atoms with Crippen LogP contribution in [0.3, 0.4) is 0 Å². The second kappa shape index (κ2) is 13.8. The van der Waals surface area contributed by atoms with Crippen molar-refractivity contribution >= 4 is 33.3 Å². The predicted octanol–water partition coefficient (Wildman–Crippen LogP) is 5.81. The summed E-state index contributed by atoms with van der Waals surface area (Å²) in [5.41, 5.74) is 2.20. The monoisotopic (exact) mass is 728 g/mol. The second-order valence-corrected chi connectivity index (χ2v) is 18.8. The van der Waals surface area contributed by atoms with E-state index in [1.807, 2.05) is 13.0 Å². The van der Waals surface area contributed by atoms with Gasteiger partial charge in [0.2, 0.25) is 10.0 Å². The lowest BCUT2D eigenvalue weighted by Crippen LogP contribution is -2.56. The zero-order valence-electron chi connectivity index (χ0n) is 30.1. The van der Waals surface area contributed by atoms with Gasteiger partial charge in [0.25, 0.3) is 5.91 Å². The highest BCUT2D eigenvalue weighted by atomic mass is 35.5. The molecule has 2 bridgehead atoms. The van der Waals surface area contributed by atoms with Crippen LogP contribution in [0, 0.1) is 23.2 Å². The van der Waals surface area contributed by atoms with Crippen LogP contribution < -0.4 is 14.4 Å². The average Bonchev–Trinajstić information content (AvgIpc) is 3.22. The van der Waals surface area contributed by atoms with Gasteiger partial charge in [0, 0.05) is 29.4 Å². The number of pyridine rings is 1. The highest BCUT2D eigenvalue weighted by Gasteiger charge is 2.52. The van der Waals surface area contributed by atoms with Crippen LogP contribution in [0.2, 0.25) is 5.02 Å². The fraction of sp³-hybridized carbons (Fsp3) is 0.684. The molecule has 1 saturated heterocycles. The number of halogens is 1. The number of nitrogens with one attached hydrogen (secondary N) is 1. The fourth-order valence-electron chi connectivity index (χ4n) is 9.32. The number of rotatable bonds is 2. The van der Waals surface area contributed by atoms with Crippen molar-refractivity contribution in [1.82, 2.24) is 14.6 Å². The highest BCUT2D eigenvalue weighted by Crippen LogP contribution is 2.55. The standard InChI is InChI=1S/C38H53ClN4O6S/c1-24-8-6-10-29(36-47-19-28(20-48-36)42(4)5)31-15-17-37(31,3)21-43-22-38(16-7-9-26-18-27(39)11-12-30(26)38)23-49-33-14-13-32(40-34(33)43)35(44)41-50(45,46)25(24)2/h11-14,18,24-25,28-29,31,36H,6-10,15-17,19-23H2,1-5H3,(H,41,44)/t24-,25+,28?,29+,31-,36?,37?,38-/m0/s1. The lowest BCUT2D eigenvalue weighted by Gasteiger charge is -2.55. The van der Waals surface area contributed by atoms with Crippen LogP contribution in [0.5, 0.6) is 5.75 Å². The van der Waals surface area contributed by atoms with Gasteiger partial charge >= 0.3 is 0 Å². The Morgan fingerprint density at radius 2 is 1.80 bits per heavy atom. The summed E-state index contributed by atoms with van der Waals surface area (Å²) in [5, 5.41) is -0.0188. The number of sulfonamides is 1. The van der Waals surface area contributed by atoms with Gasteiger partial charge in [-0.1, -0.05) is 37.9 Å². The quantitative estimate of drug-likeness (QED) is 0.410. The molecule has 10 nitrogen and oxygen atoms in total. The maximum absolute atomic E-state index is 13.6. The van der Waals surface area contributed by atoms with Crippen molar-refractivity contribution in [2.24, 2.45) is 23.2 Å². The molecule has 2 aliphatic carbocycles. The number of benzene rings is 1. The first kappa shape index (κ1) is 35.9. The van der Waals surface area contributed by atoms with Gasteiger partial charge in [-0.15, -0.1) is 0 Å². The second-order valence-electron chi connectivity index (χ2n) is 16.3. The van der Waals surface area contributed by atoms with Crippen molar-refractivity contribution in [2.75, 3.05) is 51.9 Å². The summed E-state index contributed by atoms with van der Waals surface area (Å²) in [6, 6.07) is 9.80. The first-order chi connectivity index (χ1) is 23.8. The molecular formula is C38H53ClN4O6S. The van der Waals surface area contributed by atoms with E-state index in [2.05, 4.69) is 47.7 Å². The SMILES string of the molecule is C[C@@H]1[C@@H](C)CCC[C@@H](C2OCC(N(C)C)CO2)[C@@H]2CCC2(C)CN2C[C@@]3(CCCc4cc(Cl)ccc43)COc3ccc(nc32)C(=O)NS1(=O)=O. The van der Waals surface area contributed by atoms with Gasteiger partial charge in [-0.25, -0.2) is 18.1 Å². The van der Waals surface area contributed by atoms with Crippen LogP contribution >= 0.6 is 11.6 Å². The molecule has 50 heavy (non-hydrogen) atoms. The third-order valence-electron chi connectivity index (χ3n) is 12.8. The molecule has 1 unspecified atom stereocenters. The first-order valence-electron chi connectivity index (χ1n) is 18.4. The Morgan fingerprint density at radius 1 is 1.02 bits per heavy atom. The number of hydrogen-bond donors (Lipinski definition) is 1. The third kappa shape index (κ3) is 6.77. The summed E-state index contributed by atoms with van der Waals surface area (Å²) >= 11 is 6.48. The van der Waals surface area contributed by atoms with Crippen LogP contribution in [0.1, 0.15) is 87.3 Å². The molecule has 0 radical (unpaired) electrons. The molecule has 4 heterocycles. The van der Waals surface area contributed by atoms with Crippen molar-refractivity contribution in [3.63, 3.8) is 0 Å². The number of ether oxygens (including phenoxy) is 3. The number of anilines is 1. The van der Waals surface area contributed by atoms with Crippen molar-refractivity contribution < 1.29 is 27.4 Å². The van der Waals surface area contributed by atoms with Crippen LogP contribution in [0.25, 0.3) is 0 Å². The van der Waals surface area contributed by atoms with Gasteiger partial charge < -0.3 is 24.0 Å². The summed E-state index contributed by atoms with van der Waals surface area (Å²) in [6.07, 6.45) is 7.19. The Labute approximate surface area is 302 Å². The molecular weight excluding hydrogens is 676 g/mol. The molecule has 3 aliphatic heterocycles. The van der Waals surface area contributed by atoms with Crippen molar-refractivity contribution in [3.8, 4) is 5.75 Å². The summed E-state index contributed by atoms with van der Waals surface area (Å²) < 4.78 is 49.0. The minimum absolute atomic E-state index is 0.0623. The normalized spacial score (nSPS) is 36.0. The van der Waals surface area contributed by atoms with E-state index < -0.39 is 21.2 Å². The largest absolute Gasteiger partial charge is 0.489 e. The molecule has 7 rings (SSSR count). The number of nitrogens with zero attached hydrogens (tertiary/aromatic N) is 3. The number of hydrogen-bond acceptors (Lipinski definition) is 9. The topological polar surface area (TPSA) is 110 Å². The average molecular weight is 729 g/mol. The zero-order valence-corrected chi connectivity index (χ0v) is 31.7. The zero-order chi connectivity index (χ0) is 35.4. The molecule has 2 aromatic rings. The Morgan fingerprint density at radius 3 is 2.52 bits per heavy atom. The Kier molecular flexibility index (Phi) is 9.95. The molecule has 1 saturated carbocycles. The van der Waals surface area contributed by atoms with E-state index in [9.17, 15) is 13.2 Å². The van der Waals surface area contributed by atoms with E-state index in [1.54, 1.807) is 19.1 Å². The smallest absolute Gasteiger partial charge is 0.283 e. The minimum atomic E-state index is -3.95. The molecule has 1 amide bonds. The number of carbonyl (C=O) groups excluding carboxylic acids is 1. The Bertz CT molecular complexity index is 1700. The lowest BCUT2D eigenvalue weighted by molar-refractivity contribution is -0.246. The predicted molar refractivity (Wildman–Crippen MR) is 194 cm³/mol. The molecule has 1 aromatic carbocycles. The van der Waals surface area contributed by atoms with Crippen LogP contribution in [0.15, 0.2) is 30.3 Å². The minimum Gasteiger partial charge on any atom is -0.489 e. The van der Waals surface area contributed by atoms with Gasteiger partial charge in [-0.2, -0.15) is 0 Å². The number of fused-ring (bicyclic) bond motifs is 4. The number of aromatic nitrogens is 1. The Balaban J connectivity index is 1.29. The number of aryl methyl sites for hydroxylation is 1. The molecule has 1 N–H and O–H groups in total. The van der Waals surface area contributed by atoms with Crippen molar-refractivity contribution in [2.45, 2.75) is 95.1 Å². The molecule has 274 valence electrons. The molecule has 6 atom stereocenters. The summed E-state index contributed by atoms with van der Waals surface area (Å²) in [5.74, 6) is 0.823. The number of carbonyl (C=O) groups is 1. The van der Waals surface area contributed by atoms with E-state index in [-0.39, 0.29) is 40.7 Å². The Hall–Kier alpha value is -2.44. The summed E-state index contributed by atoms with van der Waals surface area (Å²) in [6.45, 7) is 9.13. The summed E-state index contributed by atoms with van der Waals surface area (Å²) in [7, 11) is 0.159. The molecule has 5 aliphatic rings. The maximum atomic E-state index is 13.6. The van der Waals surface area contributed by atoms with E-state index in [4.69, 9.17) is 30.8 Å².